The van der Waals surface area contributed by atoms with E-state index in [0.29, 0.717) is 35.7 Å². The average Bonchev–Trinajstić information content (AvgIpc) is 2.72. The molecule has 2 amide bonds. The largest absolute Gasteiger partial charge is 0.496 e. The summed E-state index contributed by atoms with van der Waals surface area (Å²) in [6.07, 6.45) is 2.71. The number of unbranched alkanes of at least 4 members (excludes halogenated alkanes) is 2. The molecule has 0 heterocycles. The Morgan fingerprint density at radius 1 is 1.04 bits per heavy atom. The minimum absolute atomic E-state index is 0.0993. The van der Waals surface area contributed by atoms with Crippen LogP contribution in [0.3, 0.4) is 0 Å². The van der Waals surface area contributed by atoms with Crippen LogP contribution < -0.4 is 21.2 Å². The van der Waals surface area contributed by atoms with Crippen molar-refractivity contribution in [3.8, 4) is 5.75 Å². The van der Waals surface area contributed by atoms with Crippen molar-refractivity contribution < 1.29 is 14.3 Å². The summed E-state index contributed by atoms with van der Waals surface area (Å²) in [6, 6.07) is 14.1. The number of nitrogens with two attached hydrogens (primary N) is 1. The van der Waals surface area contributed by atoms with Gasteiger partial charge in [0.1, 0.15) is 11.4 Å². The lowest BCUT2D eigenvalue weighted by molar-refractivity contribution is -0.116. The molecule has 0 spiro atoms. The fraction of sp³-hybridized carbons (Fsp3) is 0.300. The molecule has 2 rings (SSSR count). The highest BCUT2D eigenvalue weighted by atomic mass is 16.5. The first-order valence-corrected chi connectivity index (χ1v) is 9.06. The van der Waals surface area contributed by atoms with Gasteiger partial charge in [-0.2, -0.15) is 0 Å². The van der Waals surface area contributed by atoms with Crippen molar-refractivity contribution in [2.75, 3.05) is 19.0 Å². The standard InChI is InChI=1S/C20H25N5O3/c1-28-18-12-7-4-9-15(18)20(27)22-14-8-2-3-13-19(26)23-16-10-5-6-11-17(16)24-25-21/h4-7,9-12H,2-3,8,13-14H2,1H3,(H2,21,24)(H,22,27)(H,23,26). The van der Waals surface area contributed by atoms with Gasteiger partial charge in [-0.15, -0.1) is 5.11 Å². The molecule has 0 aliphatic carbocycles. The predicted molar refractivity (Wildman–Crippen MR) is 108 cm³/mol. The molecule has 0 atom stereocenters. The van der Waals surface area contributed by atoms with Crippen molar-refractivity contribution in [1.29, 1.82) is 0 Å². The number of methoxy groups -OCH3 is 1. The summed E-state index contributed by atoms with van der Waals surface area (Å²) < 4.78 is 5.19. The van der Waals surface area contributed by atoms with Crippen LogP contribution in [0, 0.1) is 0 Å². The van der Waals surface area contributed by atoms with Crippen molar-refractivity contribution in [3.05, 3.63) is 54.1 Å². The number of nitrogens with one attached hydrogen (secondary N) is 2. The minimum atomic E-state index is -0.166. The number of amides is 2. The van der Waals surface area contributed by atoms with E-state index in [1.807, 2.05) is 6.07 Å². The summed E-state index contributed by atoms with van der Waals surface area (Å²) in [5.74, 6) is 5.35. The van der Waals surface area contributed by atoms with E-state index < -0.39 is 0 Å². The second kappa shape index (κ2) is 11.3. The number of para-hydroxylation sites is 2. The van der Waals surface area contributed by atoms with E-state index in [1.165, 1.54) is 7.11 Å². The maximum absolute atomic E-state index is 12.2. The molecule has 0 saturated carbocycles. The van der Waals surface area contributed by atoms with Crippen LogP contribution in [-0.2, 0) is 4.79 Å². The number of carbonyl (C=O) groups is 2. The number of hydrogen-bond acceptors (Lipinski definition) is 5. The van der Waals surface area contributed by atoms with Gasteiger partial charge in [0.15, 0.2) is 0 Å². The van der Waals surface area contributed by atoms with Crippen molar-refractivity contribution in [2.24, 2.45) is 16.2 Å². The summed E-state index contributed by atoms with van der Waals surface area (Å²) in [5.41, 5.74) is 1.60. The van der Waals surface area contributed by atoms with Crippen LogP contribution in [0.2, 0.25) is 0 Å². The quantitative estimate of drug-likeness (QED) is 0.251. The highest BCUT2D eigenvalue weighted by Crippen LogP contribution is 2.24. The molecule has 0 fully saturated rings. The van der Waals surface area contributed by atoms with Crippen LogP contribution in [0.1, 0.15) is 36.0 Å². The zero-order valence-corrected chi connectivity index (χ0v) is 15.9. The molecule has 0 bridgehead atoms. The molecule has 0 saturated heterocycles. The van der Waals surface area contributed by atoms with E-state index >= 15 is 0 Å². The average molecular weight is 383 g/mol. The van der Waals surface area contributed by atoms with Gasteiger partial charge in [-0.1, -0.05) is 35.9 Å². The Morgan fingerprint density at radius 2 is 1.79 bits per heavy atom. The summed E-state index contributed by atoms with van der Waals surface area (Å²) in [7, 11) is 1.54. The molecule has 2 aromatic carbocycles. The van der Waals surface area contributed by atoms with Crippen molar-refractivity contribution in [2.45, 2.75) is 25.7 Å². The third-order valence-corrected chi connectivity index (χ3v) is 4.06. The number of nitrogens with zero attached hydrogens (tertiary/aromatic N) is 2. The Labute approximate surface area is 164 Å². The number of carbonyl (C=O) groups excluding carboxylic acids is 2. The first-order valence-electron chi connectivity index (χ1n) is 9.06. The normalized spacial score (nSPS) is 10.6. The molecule has 0 radical (unpaired) electrons. The fourth-order valence-electron chi connectivity index (χ4n) is 2.66. The molecule has 148 valence electrons. The molecule has 8 heteroatoms. The zero-order valence-electron chi connectivity index (χ0n) is 15.9. The van der Waals surface area contributed by atoms with Gasteiger partial charge in [-0.25, -0.2) is 0 Å². The lowest BCUT2D eigenvalue weighted by Crippen LogP contribution is -2.24. The Hall–Kier alpha value is -3.42. The Morgan fingerprint density at radius 3 is 2.57 bits per heavy atom. The molecule has 8 nitrogen and oxygen atoms in total. The topological polar surface area (TPSA) is 118 Å². The van der Waals surface area contributed by atoms with Crippen LogP contribution >= 0.6 is 0 Å². The first kappa shape index (κ1) is 20.9. The summed E-state index contributed by atoms with van der Waals surface area (Å²) in [4.78, 5) is 24.2. The molecular weight excluding hydrogens is 358 g/mol. The van der Waals surface area contributed by atoms with Gasteiger partial charge >= 0.3 is 0 Å². The van der Waals surface area contributed by atoms with E-state index in [0.717, 1.165) is 19.3 Å². The van der Waals surface area contributed by atoms with Gasteiger partial charge in [0.05, 0.1) is 18.4 Å². The Kier molecular flexibility index (Phi) is 8.45. The fourth-order valence-corrected chi connectivity index (χ4v) is 2.66. The molecule has 4 N–H and O–H groups in total. The minimum Gasteiger partial charge on any atom is -0.496 e. The monoisotopic (exact) mass is 383 g/mol. The van der Waals surface area contributed by atoms with E-state index in [-0.39, 0.29) is 11.8 Å². The molecule has 0 unspecified atom stereocenters. The van der Waals surface area contributed by atoms with E-state index in [9.17, 15) is 9.59 Å². The highest BCUT2D eigenvalue weighted by molar-refractivity contribution is 5.96. The number of anilines is 1. The number of benzene rings is 2. The van der Waals surface area contributed by atoms with Gasteiger partial charge in [-0.05, 0) is 37.1 Å². The second-order valence-corrected chi connectivity index (χ2v) is 6.05. The maximum atomic E-state index is 12.2. The van der Waals surface area contributed by atoms with E-state index in [1.54, 1.807) is 42.5 Å². The predicted octanol–water partition coefficient (Wildman–Crippen LogP) is 3.58. The number of hydrogen-bond donors (Lipinski definition) is 3. The van der Waals surface area contributed by atoms with Crippen molar-refractivity contribution in [1.82, 2.24) is 5.32 Å². The molecule has 2 aromatic rings. The first-order chi connectivity index (χ1) is 13.7. The van der Waals surface area contributed by atoms with Crippen LogP contribution in [0.5, 0.6) is 5.75 Å². The number of rotatable bonds is 10. The van der Waals surface area contributed by atoms with Crippen LogP contribution in [0.15, 0.2) is 58.9 Å². The number of ether oxygens (including phenoxy) is 1. The molecule has 0 aliphatic rings. The lowest BCUT2D eigenvalue weighted by atomic mass is 10.1. The third-order valence-electron chi connectivity index (χ3n) is 4.06. The van der Waals surface area contributed by atoms with Gasteiger partial charge < -0.3 is 21.2 Å². The molecule has 0 aromatic heterocycles. The molecular formula is C20H25N5O3. The van der Waals surface area contributed by atoms with Gasteiger partial charge in [-0.3, -0.25) is 9.59 Å². The third kappa shape index (κ3) is 6.39. The zero-order chi connectivity index (χ0) is 20.2. The summed E-state index contributed by atoms with van der Waals surface area (Å²) in [6.45, 7) is 0.540. The van der Waals surface area contributed by atoms with Gasteiger partial charge in [0.2, 0.25) is 5.91 Å². The molecule has 28 heavy (non-hydrogen) atoms. The van der Waals surface area contributed by atoms with Gasteiger partial charge in [0.25, 0.3) is 5.91 Å². The Balaban J connectivity index is 1.66. The molecule has 0 aliphatic heterocycles. The maximum Gasteiger partial charge on any atom is 0.255 e. The summed E-state index contributed by atoms with van der Waals surface area (Å²) >= 11 is 0. The van der Waals surface area contributed by atoms with Crippen LogP contribution in [0.25, 0.3) is 0 Å². The van der Waals surface area contributed by atoms with Crippen LogP contribution in [0.4, 0.5) is 11.4 Å². The summed E-state index contributed by atoms with van der Waals surface area (Å²) in [5, 5.41) is 12.7. The van der Waals surface area contributed by atoms with Crippen molar-refractivity contribution >= 4 is 23.2 Å². The smallest absolute Gasteiger partial charge is 0.255 e. The van der Waals surface area contributed by atoms with Crippen molar-refractivity contribution in [3.63, 3.8) is 0 Å². The van der Waals surface area contributed by atoms with E-state index in [4.69, 9.17) is 10.6 Å². The van der Waals surface area contributed by atoms with Crippen LogP contribution in [-0.4, -0.2) is 25.5 Å². The van der Waals surface area contributed by atoms with Gasteiger partial charge in [0, 0.05) is 13.0 Å². The second-order valence-electron chi connectivity index (χ2n) is 6.05. The lowest BCUT2D eigenvalue weighted by Gasteiger charge is -2.09. The van der Waals surface area contributed by atoms with E-state index in [2.05, 4.69) is 21.0 Å². The SMILES string of the molecule is COc1ccccc1C(=O)NCCCCCC(=O)Nc1ccccc1N=NN. The Bertz CT molecular complexity index is 823. The highest BCUT2D eigenvalue weighted by Gasteiger charge is 2.10.